The molecule has 0 aliphatic rings. The van der Waals surface area contributed by atoms with Gasteiger partial charge in [-0.1, -0.05) is 13.8 Å². The molecule has 0 aromatic carbocycles. The number of hydrogen-bond donors (Lipinski definition) is 1. The van der Waals surface area contributed by atoms with E-state index in [0.29, 0.717) is 0 Å². The van der Waals surface area contributed by atoms with E-state index in [4.69, 9.17) is 10.5 Å². The van der Waals surface area contributed by atoms with Gasteiger partial charge in [0.2, 0.25) is 0 Å². The number of rotatable bonds is 2. The zero-order valence-corrected chi connectivity index (χ0v) is 6.13. The van der Waals surface area contributed by atoms with Crippen LogP contribution in [0.5, 0.6) is 0 Å². The Bertz CT molecular complexity index is 187. The van der Waals surface area contributed by atoms with Crippen molar-refractivity contribution in [1.82, 2.24) is 0 Å². The van der Waals surface area contributed by atoms with Crippen molar-refractivity contribution < 1.29 is 5.11 Å². The third kappa shape index (κ3) is 1.72. The average molecular weight is 138 g/mol. The first-order valence-electron chi connectivity index (χ1n) is 3.07. The van der Waals surface area contributed by atoms with Gasteiger partial charge in [-0.3, -0.25) is 0 Å². The van der Waals surface area contributed by atoms with Crippen LogP contribution in [0, 0.1) is 28.6 Å². The lowest BCUT2D eigenvalue weighted by atomic mass is 9.89. The van der Waals surface area contributed by atoms with Crippen LogP contribution in [-0.4, -0.2) is 10.7 Å². The van der Waals surface area contributed by atoms with Gasteiger partial charge in [0, 0.05) is 0 Å². The molecule has 0 spiro atoms. The monoisotopic (exact) mass is 138 g/mol. The fourth-order valence-electron chi connectivity index (χ4n) is 0.493. The maximum Gasteiger partial charge on any atom is 0.166 e. The van der Waals surface area contributed by atoms with E-state index >= 15 is 0 Å². The third-order valence-electron chi connectivity index (χ3n) is 1.50. The van der Waals surface area contributed by atoms with Gasteiger partial charge in [-0.05, 0) is 5.92 Å². The smallest absolute Gasteiger partial charge is 0.166 e. The molecule has 1 atom stereocenters. The first-order valence-corrected chi connectivity index (χ1v) is 3.07. The van der Waals surface area contributed by atoms with Gasteiger partial charge < -0.3 is 5.11 Å². The second-order valence-electron chi connectivity index (χ2n) is 2.53. The van der Waals surface area contributed by atoms with Crippen molar-refractivity contribution in [3.63, 3.8) is 0 Å². The maximum absolute atomic E-state index is 9.31. The molecule has 0 aromatic rings. The van der Waals surface area contributed by atoms with E-state index in [1.165, 1.54) is 0 Å². The molecule has 0 aliphatic heterocycles. The van der Waals surface area contributed by atoms with E-state index in [2.05, 4.69) is 0 Å². The summed E-state index contributed by atoms with van der Waals surface area (Å²) in [6, 6.07) is 3.48. The van der Waals surface area contributed by atoms with Gasteiger partial charge in [-0.15, -0.1) is 0 Å². The van der Waals surface area contributed by atoms with Crippen molar-refractivity contribution in [2.24, 2.45) is 5.92 Å². The Morgan fingerprint density at radius 2 is 2.00 bits per heavy atom. The molecule has 0 aliphatic carbocycles. The molecule has 54 valence electrons. The lowest BCUT2D eigenvalue weighted by molar-refractivity contribution is 0.0558. The van der Waals surface area contributed by atoms with E-state index in [9.17, 15) is 5.11 Å². The van der Waals surface area contributed by atoms with E-state index in [1.54, 1.807) is 26.0 Å². The minimum Gasteiger partial charge on any atom is -0.374 e. The van der Waals surface area contributed by atoms with E-state index in [1.807, 2.05) is 0 Å². The van der Waals surface area contributed by atoms with Crippen molar-refractivity contribution >= 4 is 0 Å². The van der Waals surface area contributed by atoms with Crippen LogP contribution in [0.25, 0.3) is 0 Å². The van der Waals surface area contributed by atoms with Crippen molar-refractivity contribution in [3.05, 3.63) is 0 Å². The molecule has 3 heteroatoms. The van der Waals surface area contributed by atoms with E-state index in [-0.39, 0.29) is 12.3 Å². The molecular weight excluding hydrogens is 128 g/mol. The Morgan fingerprint density at radius 1 is 1.50 bits per heavy atom. The largest absolute Gasteiger partial charge is 0.374 e. The van der Waals surface area contributed by atoms with E-state index < -0.39 is 5.60 Å². The summed E-state index contributed by atoms with van der Waals surface area (Å²) in [4.78, 5) is 0. The van der Waals surface area contributed by atoms with Crippen LogP contribution in [0.3, 0.4) is 0 Å². The SMILES string of the molecule is CC(C)C(O)(C#N)CC#N. The zero-order chi connectivity index (χ0) is 8.20. The molecular formula is C7H10N2O. The Balaban J connectivity index is 4.31. The van der Waals surface area contributed by atoms with Crippen LogP contribution in [0.4, 0.5) is 0 Å². The molecule has 1 unspecified atom stereocenters. The second-order valence-corrected chi connectivity index (χ2v) is 2.53. The Kier molecular flexibility index (Phi) is 2.86. The minimum absolute atomic E-state index is 0.124. The summed E-state index contributed by atoms with van der Waals surface area (Å²) >= 11 is 0. The lowest BCUT2D eigenvalue weighted by Crippen LogP contribution is -2.32. The van der Waals surface area contributed by atoms with Crippen LogP contribution < -0.4 is 0 Å². The second kappa shape index (κ2) is 3.20. The average Bonchev–Trinajstić information content (AvgIpc) is 1.88. The lowest BCUT2D eigenvalue weighted by Gasteiger charge is -2.20. The molecule has 0 amide bonds. The summed E-state index contributed by atoms with van der Waals surface area (Å²) in [7, 11) is 0. The summed E-state index contributed by atoms with van der Waals surface area (Å²) < 4.78 is 0. The summed E-state index contributed by atoms with van der Waals surface area (Å²) in [5.74, 6) is -0.197. The van der Waals surface area contributed by atoms with Crippen LogP contribution in [0.15, 0.2) is 0 Å². The van der Waals surface area contributed by atoms with E-state index in [0.717, 1.165) is 0 Å². The third-order valence-corrected chi connectivity index (χ3v) is 1.50. The van der Waals surface area contributed by atoms with Gasteiger partial charge in [-0.25, -0.2) is 0 Å². The molecule has 10 heavy (non-hydrogen) atoms. The molecule has 0 heterocycles. The van der Waals surface area contributed by atoms with Crippen molar-refractivity contribution in [1.29, 1.82) is 10.5 Å². The van der Waals surface area contributed by atoms with Crippen molar-refractivity contribution in [2.75, 3.05) is 0 Å². The number of aliphatic hydroxyl groups is 1. The Hall–Kier alpha value is -1.06. The van der Waals surface area contributed by atoms with Crippen LogP contribution in [0.1, 0.15) is 20.3 Å². The molecule has 1 N–H and O–H groups in total. The Morgan fingerprint density at radius 3 is 2.10 bits per heavy atom. The van der Waals surface area contributed by atoms with Gasteiger partial charge >= 0.3 is 0 Å². The number of nitrogens with zero attached hydrogens (tertiary/aromatic N) is 2. The highest BCUT2D eigenvalue weighted by Crippen LogP contribution is 2.18. The zero-order valence-electron chi connectivity index (χ0n) is 6.13. The van der Waals surface area contributed by atoms with Gasteiger partial charge in [0.1, 0.15) is 0 Å². The maximum atomic E-state index is 9.31. The highest BCUT2D eigenvalue weighted by atomic mass is 16.3. The fourth-order valence-corrected chi connectivity index (χ4v) is 0.493. The molecule has 0 saturated heterocycles. The molecule has 0 aromatic heterocycles. The molecule has 0 bridgehead atoms. The summed E-state index contributed by atoms with van der Waals surface area (Å²) in [5, 5.41) is 26.0. The fraction of sp³-hybridized carbons (Fsp3) is 0.714. The van der Waals surface area contributed by atoms with Crippen LogP contribution >= 0.6 is 0 Å². The number of nitriles is 2. The van der Waals surface area contributed by atoms with Gasteiger partial charge in [0.25, 0.3) is 0 Å². The summed E-state index contributed by atoms with van der Waals surface area (Å²) in [5.41, 5.74) is -1.46. The van der Waals surface area contributed by atoms with Gasteiger partial charge in [0.15, 0.2) is 5.60 Å². The number of hydrogen-bond acceptors (Lipinski definition) is 3. The minimum atomic E-state index is -1.46. The first-order chi connectivity index (χ1) is 4.56. The summed E-state index contributed by atoms with van der Waals surface area (Å²) in [6.07, 6.45) is -0.124. The van der Waals surface area contributed by atoms with Crippen LogP contribution in [0.2, 0.25) is 0 Å². The first kappa shape index (κ1) is 8.94. The predicted octanol–water partition coefficient (Wildman–Crippen LogP) is 0.811. The van der Waals surface area contributed by atoms with Crippen LogP contribution in [-0.2, 0) is 0 Å². The summed E-state index contributed by atoms with van der Waals surface area (Å²) in [6.45, 7) is 3.42. The molecule has 0 radical (unpaired) electrons. The normalized spacial score (nSPS) is 15.4. The molecule has 0 rings (SSSR count). The molecule has 3 nitrogen and oxygen atoms in total. The predicted molar refractivity (Wildman–Crippen MR) is 35.6 cm³/mol. The Labute approximate surface area is 60.5 Å². The van der Waals surface area contributed by atoms with Gasteiger partial charge in [0.05, 0.1) is 18.6 Å². The van der Waals surface area contributed by atoms with Crippen molar-refractivity contribution in [2.45, 2.75) is 25.9 Å². The quantitative estimate of drug-likeness (QED) is 0.574. The highest BCUT2D eigenvalue weighted by molar-refractivity contribution is 5.06. The van der Waals surface area contributed by atoms with Gasteiger partial charge in [-0.2, -0.15) is 10.5 Å². The topological polar surface area (TPSA) is 67.8 Å². The highest BCUT2D eigenvalue weighted by Gasteiger charge is 2.30. The standard InChI is InChI=1S/C7H10N2O/c1-6(2)7(10,5-9)3-4-8/h6,10H,3H2,1-2H3. The molecule has 0 saturated carbocycles. The van der Waals surface area contributed by atoms with Crippen molar-refractivity contribution in [3.8, 4) is 12.1 Å². The molecule has 0 fully saturated rings.